The van der Waals surface area contributed by atoms with Gasteiger partial charge in [0.25, 0.3) is 0 Å². The maximum atomic E-state index is 12.5. The molecule has 1 rings (SSSR count). The molecular weight excluding hydrogens is 263 g/mol. The molecule has 0 N–H and O–H groups in total. The number of thioether (sulfide) groups is 1. The first-order valence-corrected chi connectivity index (χ1v) is 6.04. The van der Waals surface area contributed by atoms with Crippen molar-refractivity contribution in [3.8, 4) is 6.07 Å². The quantitative estimate of drug-likeness (QED) is 0.478. The second kappa shape index (κ2) is 5.74. The largest absolute Gasteiger partial charge is 0.416 e. The van der Waals surface area contributed by atoms with E-state index in [9.17, 15) is 18.0 Å². The van der Waals surface area contributed by atoms with Crippen LogP contribution < -0.4 is 0 Å². The predicted octanol–water partition coefficient (Wildman–Crippen LogP) is 3.66. The lowest BCUT2D eigenvalue weighted by Crippen LogP contribution is -2.08. The van der Waals surface area contributed by atoms with Gasteiger partial charge in [-0.25, -0.2) is 0 Å². The molecule has 0 aliphatic rings. The highest BCUT2D eigenvalue weighted by Crippen LogP contribution is 2.30. The number of alkyl halides is 3. The summed E-state index contributed by atoms with van der Waals surface area (Å²) in [6.07, 6.45) is -2.86. The fraction of sp³-hybridized carbons (Fsp3) is 0.167. The summed E-state index contributed by atoms with van der Waals surface area (Å²) in [7, 11) is 0. The number of hydrogen-bond acceptors (Lipinski definition) is 3. The molecule has 0 fully saturated rings. The number of Topliss-reactive ketones (excluding diaryl/α,β-unsaturated/α-hetero) is 1. The van der Waals surface area contributed by atoms with Gasteiger partial charge >= 0.3 is 6.18 Å². The summed E-state index contributed by atoms with van der Waals surface area (Å²) in [6.45, 7) is 0. The van der Waals surface area contributed by atoms with Crippen LogP contribution in [-0.2, 0) is 6.18 Å². The number of nitrogens with zero attached hydrogens (tertiary/aromatic N) is 1. The van der Waals surface area contributed by atoms with Crippen molar-refractivity contribution >= 4 is 17.5 Å². The fourth-order valence-corrected chi connectivity index (χ4v) is 1.64. The number of benzene rings is 1. The molecule has 0 atom stereocenters. The molecule has 0 amide bonds. The van der Waals surface area contributed by atoms with E-state index in [4.69, 9.17) is 5.26 Å². The van der Waals surface area contributed by atoms with Gasteiger partial charge in [-0.05, 0) is 23.8 Å². The number of nitriles is 1. The van der Waals surface area contributed by atoms with E-state index in [0.29, 0.717) is 0 Å². The van der Waals surface area contributed by atoms with Crippen LogP contribution in [0.2, 0.25) is 0 Å². The highest BCUT2D eigenvalue weighted by atomic mass is 32.2. The van der Waals surface area contributed by atoms with Crippen molar-refractivity contribution in [2.45, 2.75) is 6.18 Å². The van der Waals surface area contributed by atoms with Crippen LogP contribution in [0.25, 0.3) is 0 Å². The first kappa shape index (κ1) is 14.3. The van der Waals surface area contributed by atoms with Gasteiger partial charge in [-0.1, -0.05) is 12.1 Å². The first-order chi connectivity index (χ1) is 8.40. The molecule has 18 heavy (non-hydrogen) atoms. The molecule has 0 aliphatic heterocycles. The van der Waals surface area contributed by atoms with Crippen molar-refractivity contribution in [3.63, 3.8) is 0 Å². The smallest absolute Gasteiger partial charge is 0.288 e. The zero-order chi connectivity index (χ0) is 13.8. The second-order valence-corrected chi connectivity index (χ2v) is 3.99. The van der Waals surface area contributed by atoms with E-state index in [1.807, 2.05) is 0 Å². The van der Waals surface area contributed by atoms with E-state index < -0.39 is 17.5 Å². The van der Waals surface area contributed by atoms with Crippen molar-refractivity contribution in [2.75, 3.05) is 6.26 Å². The van der Waals surface area contributed by atoms with E-state index in [-0.39, 0.29) is 11.1 Å². The third kappa shape index (κ3) is 3.37. The highest BCUT2D eigenvalue weighted by Gasteiger charge is 2.31. The molecular formula is C12H8F3NOS. The molecule has 0 saturated carbocycles. The Labute approximate surface area is 106 Å². The third-order valence-corrected chi connectivity index (χ3v) is 2.52. The zero-order valence-corrected chi connectivity index (χ0v) is 10.1. The Balaban J connectivity index is 3.16. The summed E-state index contributed by atoms with van der Waals surface area (Å²) in [5, 5.41) is 10.1. The Bertz CT molecular complexity index is 529. The number of rotatable bonds is 3. The number of carbonyl (C=O) groups excluding carboxylic acids is 1. The van der Waals surface area contributed by atoms with Crippen LogP contribution in [-0.4, -0.2) is 12.0 Å². The number of ketones is 1. The third-order valence-electron chi connectivity index (χ3n) is 2.05. The summed E-state index contributed by atoms with van der Waals surface area (Å²) in [4.78, 5) is 11.8. The molecule has 1 aromatic rings. The summed E-state index contributed by atoms with van der Waals surface area (Å²) in [5.41, 5.74) is -1.23. The molecule has 2 nitrogen and oxygen atoms in total. The van der Waals surface area contributed by atoms with Crippen LogP contribution >= 0.6 is 11.8 Å². The molecule has 0 aromatic heterocycles. The molecule has 0 bridgehead atoms. The minimum atomic E-state index is -4.51. The van der Waals surface area contributed by atoms with Gasteiger partial charge in [0.15, 0.2) is 0 Å². The van der Waals surface area contributed by atoms with E-state index in [1.54, 1.807) is 12.3 Å². The standard InChI is InChI=1S/C12H8F3NOS/c1-18-7-9(6-16)11(17)8-3-2-4-10(5-8)12(13,14)15/h2-5,7H,1H3. The summed E-state index contributed by atoms with van der Waals surface area (Å²) >= 11 is 1.14. The normalized spacial score (nSPS) is 12.1. The molecule has 6 heteroatoms. The van der Waals surface area contributed by atoms with E-state index in [1.165, 1.54) is 11.5 Å². The number of halogens is 3. The van der Waals surface area contributed by atoms with Crippen molar-refractivity contribution in [3.05, 3.63) is 46.4 Å². The minimum Gasteiger partial charge on any atom is -0.288 e. The maximum absolute atomic E-state index is 12.5. The van der Waals surface area contributed by atoms with E-state index in [0.717, 1.165) is 30.0 Å². The van der Waals surface area contributed by atoms with Gasteiger partial charge < -0.3 is 0 Å². The van der Waals surface area contributed by atoms with Gasteiger partial charge in [0.2, 0.25) is 5.78 Å². The van der Waals surface area contributed by atoms with Gasteiger partial charge in [-0.3, -0.25) is 4.79 Å². The lowest BCUT2D eigenvalue weighted by atomic mass is 10.0. The SMILES string of the molecule is CSC=C(C#N)C(=O)c1cccc(C(F)(F)F)c1. The molecule has 94 valence electrons. The molecule has 0 spiro atoms. The van der Waals surface area contributed by atoms with E-state index in [2.05, 4.69) is 0 Å². The van der Waals surface area contributed by atoms with Gasteiger partial charge in [0, 0.05) is 5.56 Å². The minimum absolute atomic E-state index is 0.147. The topological polar surface area (TPSA) is 40.9 Å². The Kier molecular flexibility index (Phi) is 4.56. The van der Waals surface area contributed by atoms with E-state index >= 15 is 0 Å². The Morgan fingerprint density at radius 2 is 2.11 bits per heavy atom. The zero-order valence-electron chi connectivity index (χ0n) is 9.28. The lowest BCUT2D eigenvalue weighted by molar-refractivity contribution is -0.137. The number of hydrogen-bond donors (Lipinski definition) is 0. The van der Waals surface area contributed by atoms with Crippen LogP contribution in [0.1, 0.15) is 15.9 Å². The summed E-state index contributed by atoms with van der Waals surface area (Å²) in [6, 6.07) is 5.68. The molecule has 0 aliphatic carbocycles. The van der Waals surface area contributed by atoms with Crippen molar-refractivity contribution in [1.82, 2.24) is 0 Å². The van der Waals surface area contributed by atoms with Crippen molar-refractivity contribution in [2.24, 2.45) is 0 Å². The second-order valence-electron chi connectivity index (χ2n) is 3.29. The maximum Gasteiger partial charge on any atom is 0.416 e. The van der Waals surface area contributed by atoms with Crippen LogP contribution in [0.4, 0.5) is 13.2 Å². The molecule has 1 aromatic carbocycles. The van der Waals surface area contributed by atoms with Crippen LogP contribution in [0.5, 0.6) is 0 Å². The monoisotopic (exact) mass is 271 g/mol. The average molecular weight is 271 g/mol. The Hall–Kier alpha value is -1.74. The van der Waals surface area contributed by atoms with Gasteiger partial charge in [-0.2, -0.15) is 18.4 Å². The average Bonchev–Trinajstić information content (AvgIpc) is 2.34. The first-order valence-electron chi connectivity index (χ1n) is 4.75. The van der Waals surface area contributed by atoms with Crippen LogP contribution in [0, 0.1) is 11.3 Å². The van der Waals surface area contributed by atoms with Gasteiger partial charge in [0.1, 0.15) is 11.6 Å². The van der Waals surface area contributed by atoms with Gasteiger partial charge in [0.05, 0.1) is 5.56 Å². The Morgan fingerprint density at radius 3 is 2.61 bits per heavy atom. The fourth-order valence-electron chi connectivity index (χ4n) is 1.24. The number of allylic oxidation sites excluding steroid dienone is 1. The molecule has 0 saturated heterocycles. The van der Waals surface area contributed by atoms with Crippen molar-refractivity contribution in [1.29, 1.82) is 5.26 Å². The summed E-state index contributed by atoms with van der Waals surface area (Å²) < 4.78 is 37.4. The predicted molar refractivity (Wildman–Crippen MR) is 63.0 cm³/mol. The van der Waals surface area contributed by atoms with Crippen molar-refractivity contribution < 1.29 is 18.0 Å². The molecule has 0 heterocycles. The summed E-state index contributed by atoms with van der Waals surface area (Å²) in [5.74, 6) is -0.710. The Morgan fingerprint density at radius 1 is 1.44 bits per heavy atom. The molecule has 0 unspecified atom stereocenters. The molecule has 0 radical (unpaired) electrons. The van der Waals surface area contributed by atoms with Gasteiger partial charge in [-0.15, -0.1) is 11.8 Å². The van der Waals surface area contributed by atoms with Crippen LogP contribution in [0.15, 0.2) is 35.2 Å². The number of carbonyl (C=O) groups is 1. The van der Waals surface area contributed by atoms with Crippen LogP contribution in [0.3, 0.4) is 0 Å². The lowest BCUT2D eigenvalue weighted by Gasteiger charge is -2.07. The highest BCUT2D eigenvalue weighted by molar-refractivity contribution is 8.01.